The second-order valence-electron chi connectivity index (χ2n) is 15.0. The third-order valence-electron chi connectivity index (χ3n) is 12.7. The number of carbonyl (C=O) groups excluding carboxylic acids is 2. The van der Waals surface area contributed by atoms with E-state index in [1.165, 1.54) is 0 Å². The second kappa shape index (κ2) is 7.18. The Kier molecular flexibility index (Phi) is 5.27. The van der Waals surface area contributed by atoms with Gasteiger partial charge in [0.15, 0.2) is 0 Å². The lowest BCUT2D eigenvalue weighted by atomic mass is 9.35. The lowest BCUT2D eigenvalue weighted by Crippen LogP contribution is -2.66. The molecule has 0 aromatic rings. The van der Waals surface area contributed by atoms with Crippen molar-refractivity contribution in [1.29, 1.82) is 0 Å². The zero-order chi connectivity index (χ0) is 25.1. The molecule has 4 saturated carbocycles. The number of ether oxygens (including phenoxy) is 1. The van der Waals surface area contributed by atoms with Crippen molar-refractivity contribution in [3.8, 4) is 0 Å². The highest BCUT2D eigenvalue weighted by Crippen LogP contribution is 2.75. The van der Waals surface area contributed by atoms with Crippen LogP contribution in [0, 0.1) is 45.3 Å². The summed E-state index contributed by atoms with van der Waals surface area (Å²) in [5.41, 5.74) is -1.45. The Bertz CT molecular complexity index is 900. The van der Waals surface area contributed by atoms with E-state index >= 15 is 0 Å². The summed E-state index contributed by atoms with van der Waals surface area (Å²) < 4.78 is 6.64. The van der Waals surface area contributed by atoms with Gasteiger partial charge in [-0.1, -0.05) is 34.6 Å². The first kappa shape index (κ1) is 24.9. The molecule has 4 unspecified atom stereocenters. The van der Waals surface area contributed by atoms with E-state index in [9.17, 15) is 14.7 Å². The quantitative estimate of drug-likeness (QED) is 0.525. The average Bonchev–Trinajstić information content (AvgIpc) is 3.27. The van der Waals surface area contributed by atoms with Gasteiger partial charge in [-0.15, -0.1) is 0 Å². The highest BCUT2D eigenvalue weighted by atomic mass is 16.5. The van der Waals surface area contributed by atoms with E-state index in [2.05, 4.69) is 41.5 Å². The summed E-state index contributed by atoms with van der Waals surface area (Å²) in [5, 5.41) is 10.6. The molecule has 5 fully saturated rings. The Morgan fingerprint density at radius 1 is 0.853 bits per heavy atom. The van der Waals surface area contributed by atoms with Gasteiger partial charge in [0.2, 0.25) is 0 Å². The van der Waals surface area contributed by atoms with Crippen LogP contribution in [0.15, 0.2) is 0 Å². The Labute approximate surface area is 207 Å². The fourth-order valence-electron chi connectivity index (χ4n) is 10.6. The molecule has 9 atom stereocenters. The average molecular weight is 473 g/mol. The van der Waals surface area contributed by atoms with Crippen molar-refractivity contribution in [2.45, 2.75) is 130 Å². The summed E-state index contributed by atoms with van der Waals surface area (Å²) in [4.78, 5) is 27.1. The predicted octanol–water partition coefficient (Wildman–Crippen LogP) is 6.13. The zero-order valence-corrected chi connectivity index (χ0v) is 22.9. The molecule has 0 bridgehead atoms. The minimum Gasteiger partial charge on any atom is -0.388 e. The van der Waals surface area contributed by atoms with Crippen LogP contribution in [0.3, 0.4) is 0 Å². The number of Topliss-reactive ketones (excluding diaryl/α,β-unsaturated/α-hetero) is 2. The lowest BCUT2D eigenvalue weighted by molar-refractivity contribution is -0.207. The molecule has 0 spiro atoms. The van der Waals surface area contributed by atoms with Crippen molar-refractivity contribution in [1.82, 2.24) is 0 Å². The molecule has 4 heteroatoms. The highest BCUT2D eigenvalue weighted by molar-refractivity contribution is 5.88. The molecule has 4 nitrogen and oxygen atoms in total. The maximum absolute atomic E-state index is 14.2. The van der Waals surface area contributed by atoms with Crippen LogP contribution >= 0.6 is 0 Å². The van der Waals surface area contributed by atoms with Gasteiger partial charge < -0.3 is 9.84 Å². The SMILES string of the molecule is CC1(C)C(=O)CC[C@@]2(C)C1CC[C@]1(C)C2C(=O)CC2[C@@H](C3(C)CC[C@@H](C(C)(C)O)O3)CC[C@]21C. The van der Waals surface area contributed by atoms with Crippen molar-refractivity contribution < 1.29 is 19.4 Å². The molecular formula is C30H48O4. The zero-order valence-electron chi connectivity index (χ0n) is 22.9. The summed E-state index contributed by atoms with van der Waals surface area (Å²) in [7, 11) is 0. The van der Waals surface area contributed by atoms with Crippen LogP contribution in [0.1, 0.15) is 113 Å². The Balaban J connectivity index is 1.49. The van der Waals surface area contributed by atoms with Gasteiger partial charge in [-0.2, -0.15) is 0 Å². The molecule has 0 amide bonds. The largest absolute Gasteiger partial charge is 0.388 e. The molecular weight excluding hydrogens is 424 g/mol. The molecule has 1 aliphatic heterocycles. The first-order chi connectivity index (χ1) is 15.5. The van der Waals surface area contributed by atoms with Gasteiger partial charge in [-0.3, -0.25) is 9.59 Å². The normalized spacial score (nSPS) is 52.8. The predicted molar refractivity (Wildman–Crippen MR) is 133 cm³/mol. The van der Waals surface area contributed by atoms with Gasteiger partial charge in [-0.25, -0.2) is 0 Å². The third-order valence-corrected chi connectivity index (χ3v) is 12.7. The summed E-state index contributed by atoms with van der Waals surface area (Å²) >= 11 is 0. The molecule has 0 radical (unpaired) electrons. The van der Waals surface area contributed by atoms with Crippen molar-refractivity contribution >= 4 is 11.6 Å². The van der Waals surface area contributed by atoms with E-state index in [4.69, 9.17) is 4.74 Å². The van der Waals surface area contributed by atoms with Crippen LogP contribution in [0.5, 0.6) is 0 Å². The van der Waals surface area contributed by atoms with Crippen LogP contribution in [-0.2, 0) is 14.3 Å². The molecule has 1 heterocycles. The molecule has 1 saturated heterocycles. The van der Waals surface area contributed by atoms with Crippen molar-refractivity contribution in [3.05, 3.63) is 0 Å². The molecule has 1 N–H and O–H groups in total. The van der Waals surface area contributed by atoms with Gasteiger partial charge in [-0.05, 0) is 99.7 Å². The number of aliphatic hydroxyl groups is 1. The van der Waals surface area contributed by atoms with E-state index in [0.717, 1.165) is 44.9 Å². The van der Waals surface area contributed by atoms with Crippen LogP contribution in [0.4, 0.5) is 0 Å². The van der Waals surface area contributed by atoms with Crippen LogP contribution < -0.4 is 0 Å². The molecule has 5 rings (SSSR count). The van der Waals surface area contributed by atoms with Crippen molar-refractivity contribution in [2.24, 2.45) is 45.3 Å². The van der Waals surface area contributed by atoms with E-state index < -0.39 is 5.60 Å². The fraction of sp³-hybridized carbons (Fsp3) is 0.933. The number of fused-ring (bicyclic) bond motifs is 5. The minimum atomic E-state index is -0.836. The Hall–Kier alpha value is -0.740. The molecule has 4 aliphatic carbocycles. The van der Waals surface area contributed by atoms with Crippen molar-refractivity contribution in [2.75, 3.05) is 0 Å². The second-order valence-corrected chi connectivity index (χ2v) is 15.0. The number of rotatable bonds is 2. The monoisotopic (exact) mass is 472 g/mol. The van der Waals surface area contributed by atoms with Crippen LogP contribution in [0.2, 0.25) is 0 Å². The molecule has 5 aliphatic rings. The summed E-state index contributed by atoms with van der Waals surface area (Å²) in [6.45, 7) is 17.5. The Morgan fingerprint density at radius 3 is 2.12 bits per heavy atom. The van der Waals surface area contributed by atoms with E-state index in [1.54, 1.807) is 0 Å². The number of hydrogen-bond donors (Lipinski definition) is 1. The van der Waals surface area contributed by atoms with Gasteiger partial charge in [0.05, 0.1) is 17.3 Å². The fourth-order valence-corrected chi connectivity index (χ4v) is 10.6. The number of hydrogen-bond acceptors (Lipinski definition) is 4. The molecule has 34 heavy (non-hydrogen) atoms. The summed E-state index contributed by atoms with van der Waals surface area (Å²) in [6.07, 6.45) is 8.21. The molecule has 192 valence electrons. The number of carbonyl (C=O) groups is 2. The first-order valence-electron chi connectivity index (χ1n) is 14.0. The van der Waals surface area contributed by atoms with Crippen LogP contribution in [-0.4, -0.2) is 34.0 Å². The first-order valence-corrected chi connectivity index (χ1v) is 14.0. The lowest BCUT2D eigenvalue weighted by Gasteiger charge is -2.68. The maximum Gasteiger partial charge on any atom is 0.138 e. The van der Waals surface area contributed by atoms with Crippen LogP contribution in [0.25, 0.3) is 0 Å². The van der Waals surface area contributed by atoms with Gasteiger partial charge in [0, 0.05) is 24.2 Å². The molecule has 0 aromatic carbocycles. The molecule has 0 aromatic heterocycles. The highest BCUT2D eigenvalue weighted by Gasteiger charge is 2.72. The van der Waals surface area contributed by atoms with E-state index in [1.807, 2.05) is 13.8 Å². The van der Waals surface area contributed by atoms with Gasteiger partial charge >= 0.3 is 0 Å². The van der Waals surface area contributed by atoms with Gasteiger partial charge in [0.25, 0.3) is 0 Å². The minimum absolute atomic E-state index is 0.0336. The van der Waals surface area contributed by atoms with E-state index in [-0.39, 0.29) is 39.3 Å². The van der Waals surface area contributed by atoms with Gasteiger partial charge in [0.1, 0.15) is 11.6 Å². The summed E-state index contributed by atoms with van der Waals surface area (Å²) in [5.74, 6) is 1.89. The standard InChI is InChI=1S/C30H48O4/c1-25(2)21-10-15-29(7)24(27(21,5)13-11-22(25)32)20(31)17-19-18(9-14-28(19,29)6)30(8)16-12-23(34-30)26(3,4)33/h18-19,21,23-24,33H,9-17H2,1-8H3/t18-,19?,21?,23-,24?,27-,28+,29+,30?/m0/s1. The topological polar surface area (TPSA) is 63.6 Å². The smallest absolute Gasteiger partial charge is 0.138 e. The third kappa shape index (κ3) is 3.03. The maximum atomic E-state index is 14.2. The summed E-state index contributed by atoms with van der Waals surface area (Å²) in [6, 6.07) is 0. The number of ketones is 2. The van der Waals surface area contributed by atoms with Crippen molar-refractivity contribution in [3.63, 3.8) is 0 Å². The Morgan fingerprint density at radius 2 is 1.50 bits per heavy atom. The van der Waals surface area contributed by atoms with E-state index in [0.29, 0.717) is 42.2 Å².